The molecule has 22 heavy (non-hydrogen) atoms. The van der Waals surface area contributed by atoms with Gasteiger partial charge in [0.15, 0.2) is 11.4 Å². The molecular weight excluding hydrogens is 280 g/mol. The normalized spacial score (nSPS) is 10.6. The van der Waals surface area contributed by atoms with Crippen molar-refractivity contribution in [2.75, 3.05) is 7.11 Å². The summed E-state index contributed by atoms with van der Waals surface area (Å²) in [5, 5.41) is 0. The fourth-order valence-corrected chi connectivity index (χ4v) is 2.21. The van der Waals surface area contributed by atoms with Gasteiger partial charge in [0.25, 0.3) is 5.56 Å². The van der Waals surface area contributed by atoms with Crippen molar-refractivity contribution >= 4 is 5.65 Å². The number of hydrogen-bond acceptors (Lipinski definition) is 4. The first kappa shape index (κ1) is 14.1. The van der Waals surface area contributed by atoms with Crippen LogP contribution in [0.25, 0.3) is 5.65 Å². The van der Waals surface area contributed by atoms with Crippen LogP contribution in [0.4, 0.5) is 0 Å². The Morgan fingerprint density at radius 2 is 1.95 bits per heavy atom. The first-order valence-corrected chi connectivity index (χ1v) is 6.92. The molecule has 0 aliphatic rings. The molecule has 3 rings (SSSR count). The number of rotatable bonds is 4. The van der Waals surface area contributed by atoms with Crippen LogP contribution in [-0.2, 0) is 6.61 Å². The average Bonchev–Trinajstić information content (AvgIpc) is 2.53. The van der Waals surface area contributed by atoms with E-state index in [1.54, 1.807) is 26.3 Å². The third-order valence-electron chi connectivity index (χ3n) is 3.34. The molecule has 0 N–H and O–H groups in total. The van der Waals surface area contributed by atoms with Gasteiger partial charge in [0.05, 0.1) is 7.11 Å². The second-order valence-corrected chi connectivity index (χ2v) is 4.94. The summed E-state index contributed by atoms with van der Waals surface area (Å²) >= 11 is 0. The van der Waals surface area contributed by atoms with Gasteiger partial charge in [0.2, 0.25) is 0 Å². The van der Waals surface area contributed by atoms with Crippen molar-refractivity contribution in [2.45, 2.75) is 13.5 Å². The number of hydrogen-bond donors (Lipinski definition) is 0. The quantitative estimate of drug-likeness (QED) is 0.742. The second kappa shape index (κ2) is 5.89. The predicted octanol–water partition coefficient (Wildman–Crippen LogP) is 2.59. The molecule has 0 amide bonds. The Balaban J connectivity index is 1.88. The molecule has 0 radical (unpaired) electrons. The molecule has 0 aliphatic heterocycles. The summed E-state index contributed by atoms with van der Waals surface area (Å²) in [5.74, 6) is 1.39. The van der Waals surface area contributed by atoms with Gasteiger partial charge in [-0.05, 0) is 36.8 Å². The number of nitrogens with zero attached hydrogens (tertiary/aromatic N) is 2. The third kappa shape index (κ3) is 2.79. The van der Waals surface area contributed by atoms with Crippen LogP contribution in [0, 0.1) is 6.92 Å². The lowest BCUT2D eigenvalue weighted by Crippen LogP contribution is -2.15. The van der Waals surface area contributed by atoms with Gasteiger partial charge in [-0.1, -0.05) is 12.1 Å². The molecule has 0 bridgehead atoms. The standard InChI is InChI=1S/C17H16N2O3/c1-12-10-16(20)19-9-3-4-15(17(19)18-12)22-11-13-5-7-14(21-2)8-6-13/h3-10H,11H2,1-2H3. The minimum atomic E-state index is -0.114. The van der Waals surface area contributed by atoms with E-state index < -0.39 is 0 Å². The van der Waals surface area contributed by atoms with Gasteiger partial charge in [0, 0.05) is 18.0 Å². The Morgan fingerprint density at radius 3 is 2.68 bits per heavy atom. The van der Waals surface area contributed by atoms with E-state index in [-0.39, 0.29) is 5.56 Å². The van der Waals surface area contributed by atoms with E-state index in [1.165, 1.54) is 10.5 Å². The Bertz CT molecular complexity index is 854. The maximum absolute atomic E-state index is 12.0. The molecule has 0 spiro atoms. The lowest BCUT2D eigenvalue weighted by atomic mass is 10.2. The number of ether oxygens (including phenoxy) is 2. The molecule has 0 saturated carbocycles. The van der Waals surface area contributed by atoms with Gasteiger partial charge < -0.3 is 9.47 Å². The van der Waals surface area contributed by atoms with Crippen molar-refractivity contribution in [2.24, 2.45) is 0 Å². The van der Waals surface area contributed by atoms with E-state index in [9.17, 15) is 4.79 Å². The molecule has 0 fully saturated rings. The van der Waals surface area contributed by atoms with Gasteiger partial charge in [-0.2, -0.15) is 0 Å². The van der Waals surface area contributed by atoms with Crippen LogP contribution in [0.5, 0.6) is 11.5 Å². The van der Waals surface area contributed by atoms with Crippen LogP contribution in [0.1, 0.15) is 11.3 Å². The average molecular weight is 296 g/mol. The lowest BCUT2D eigenvalue weighted by Gasteiger charge is -2.10. The molecule has 0 unspecified atom stereocenters. The van der Waals surface area contributed by atoms with Crippen LogP contribution < -0.4 is 15.0 Å². The van der Waals surface area contributed by atoms with Gasteiger partial charge >= 0.3 is 0 Å². The van der Waals surface area contributed by atoms with Crippen LogP contribution in [-0.4, -0.2) is 16.5 Å². The van der Waals surface area contributed by atoms with E-state index in [2.05, 4.69) is 4.98 Å². The van der Waals surface area contributed by atoms with Crippen molar-refractivity contribution in [3.63, 3.8) is 0 Å². The maximum Gasteiger partial charge on any atom is 0.258 e. The predicted molar refractivity (Wildman–Crippen MR) is 83.5 cm³/mol. The van der Waals surface area contributed by atoms with Crippen molar-refractivity contribution in [3.05, 3.63) is 70.3 Å². The highest BCUT2D eigenvalue weighted by Crippen LogP contribution is 2.19. The van der Waals surface area contributed by atoms with E-state index in [1.807, 2.05) is 30.3 Å². The Labute approximate surface area is 127 Å². The fraction of sp³-hybridized carbons (Fsp3) is 0.176. The van der Waals surface area contributed by atoms with Crippen molar-refractivity contribution in [1.82, 2.24) is 9.38 Å². The zero-order chi connectivity index (χ0) is 15.5. The number of methoxy groups -OCH3 is 1. The van der Waals surface area contributed by atoms with Crippen LogP contribution >= 0.6 is 0 Å². The zero-order valence-electron chi connectivity index (χ0n) is 12.4. The van der Waals surface area contributed by atoms with Crippen molar-refractivity contribution < 1.29 is 9.47 Å². The lowest BCUT2D eigenvalue weighted by molar-refractivity contribution is 0.307. The molecule has 0 atom stereocenters. The van der Waals surface area contributed by atoms with Crippen LogP contribution in [0.15, 0.2) is 53.5 Å². The number of fused-ring (bicyclic) bond motifs is 1. The summed E-state index contributed by atoms with van der Waals surface area (Å²) in [6.45, 7) is 2.19. The molecule has 1 aromatic carbocycles. The van der Waals surface area contributed by atoms with Gasteiger partial charge in [-0.25, -0.2) is 4.98 Å². The SMILES string of the molecule is COc1ccc(COc2cccn3c(=O)cc(C)nc23)cc1. The molecule has 2 heterocycles. The monoisotopic (exact) mass is 296 g/mol. The molecule has 0 saturated heterocycles. The summed E-state index contributed by atoms with van der Waals surface area (Å²) < 4.78 is 12.4. The largest absolute Gasteiger partial charge is 0.497 e. The zero-order valence-corrected chi connectivity index (χ0v) is 12.4. The summed E-state index contributed by atoms with van der Waals surface area (Å²) in [7, 11) is 1.63. The third-order valence-corrected chi connectivity index (χ3v) is 3.34. The van der Waals surface area contributed by atoms with E-state index in [0.717, 1.165) is 11.3 Å². The second-order valence-electron chi connectivity index (χ2n) is 4.94. The minimum Gasteiger partial charge on any atom is -0.497 e. The summed E-state index contributed by atoms with van der Waals surface area (Å²) in [4.78, 5) is 16.3. The number of aryl methyl sites for hydroxylation is 1. The number of pyridine rings is 1. The fourth-order valence-electron chi connectivity index (χ4n) is 2.21. The first-order chi connectivity index (χ1) is 10.7. The van der Waals surface area contributed by atoms with Gasteiger partial charge in [-0.15, -0.1) is 0 Å². The summed E-state index contributed by atoms with van der Waals surface area (Å²) in [6.07, 6.45) is 1.68. The molecule has 2 aromatic heterocycles. The highest BCUT2D eigenvalue weighted by atomic mass is 16.5. The van der Waals surface area contributed by atoms with Crippen LogP contribution in [0.3, 0.4) is 0 Å². The topological polar surface area (TPSA) is 52.8 Å². The smallest absolute Gasteiger partial charge is 0.258 e. The number of benzene rings is 1. The van der Waals surface area contributed by atoms with Crippen molar-refractivity contribution in [3.8, 4) is 11.5 Å². The van der Waals surface area contributed by atoms with E-state index >= 15 is 0 Å². The highest BCUT2D eigenvalue weighted by Gasteiger charge is 2.06. The first-order valence-electron chi connectivity index (χ1n) is 6.92. The van der Waals surface area contributed by atoms with E-state index in [4.69, 9.17) is 9.47 Å². The van der Waals surface area contributed by atoms with Gasteiger partial charge in [-0.3, -0.25) is 9.20 Å². The Morgan fingerprint density at radius 1 is 1.18 bits per heavy atom. The van der Waals surface area contributed by atoms with Crippen molar-refractivity contribution in [1.29, 1.82) is 0 Å². The highest BCUT2D eigenvalue weighted by molar-refractivity contribution is 5.53. The van der Waals surface area contributed by atoms with Crippen LogP contribution in [0.2, 0.25) is 0 Å². The summed E-state index contributed by atoms with van der Waals surface area (Å²) in [5.41, 5.74) is 2.10. The molecule has 0 aliphatic carbocycles. The van der Waals surface area contributed by atoms with Gasteiger partial charge in [0.1, 0.15) is 12.4 Å². The molecule has 5 heteroatoms. The number of aromatic nitrogens is 2. The van der Waals surface area contributed by atoms with E-state index in [0.29, 0.717) is 23.7 Å². The maximum atomic E-state index is 12.0. The summed E-state index contributed by atoms with van der Waals surface area (Å²) in [6, 6.07) is 12.7. The minimum absolute atomic E-state index is 0.114. The molecule has 5 nitrogen and oxygen atoms in total. The molecule has 3 aromatic rings. The Kier molecular flexibility index (Phi) is 3.78. The molecular formula is C17H16N2O3. The molecule has 112 valence electrons. The Hall–Kier alpha value is -2.82.